The molecule has 0 aliphatic heterocycles. The van der Waals surface area contributed by atoms with E-state index in [0.717, 1.165) is 32.1 Å². The Labute approximate surface area is 123 Å². The van der Waals surface area contributed by atoms with E-state index in [9.17, 15) is 5.11 Å². The van der Waals surface area contributed by atoms with Crippen molar-refractivity contribution in [3.63, 3.8) is 0 Å². The summed E-state index contributed by atoms with van der Waals surface area (Å²) in [6, 6.07) is 9.79. The van der Waals surface area contributed by atoms with Crippen molar-refractivity contribution in [2.75, 3.05) is 26.2 Å². The van der Waals surface area contributed by atoms with Gasteiger partial charge < -0.3 is 10.4 Å². The second kappa shape index (κ2) is 7.77. The number of hydrogen-bond acceptors (Lipinski definition) is 3. The number of aliphatic hydroxyl groups excluding tert-OH is 1. The summed E-state index contributed by atoms with van der Waals surface area (Å²) in [4.78, 5) is 2.45. The van der Waals surface area contributed by atoms with Crippen LogP contribution in [0.2, 0.25) is 0 Å². The molecule has 3 nitrogen and oxygen atoms in total. The van der Waals surface area contributed by atoms with Crippen molar-refractivity contribution >= 4 is 0 Å². The Morgan fingerprint density at radius 1 is 1.30 bits per heavy atom. The normalized spacial score (nSPS) is 16.6. The Bertz CT molecular complexity index is 404. The minimum atomic E-state index is 0.271. The van der Waals surface area contributed by atoms with Crippen molar-refractivity contribution in [1.82, 2.24) is 10.2 Å². The largest absolute Gasteiger partial charge is 0.395 e. The van der Waals surface area contributed by atoms with Crippen molar-refractivity contribution in [2.24, 2.45) is 0 Å². The highest BCUT2D eigenvalue weighted by Gasteiger charge is 2.28. The first-order valence-electron chi connectivity index (χ1n) is 7.90. The molecule has 0 saturated heterocycles. The molecule has 20 heavy (non-hydrogen) atoms. The predicted molar refractivity (Wildman–Crippen MR) is 83.9 cm³/mol. The molecule has 1 aromatic carbocycles. The standard InChI is InChI=1S/C17H28N2O/c1-3-18-17(16-7-5-4-6-14(16)2)10-11-19(12-13-20)15-8-9-15/h4-7,15,17-18,20H,3,8-13H2,1-2H3. The average molecular weight is 276 g/mol. The van der Waals surface area contributed by atoms with E-state index in [-0.39, 0.29) is 6.61 Å². The van der Waals surface area contributed by atoms with Crippen molar-refractivity contribution in [2.45, 2.75) is 45.2 Å². The molecule has 0 aromatic heterocycles. The maximum Gasteiger partial charge on any atom is 0.0558 e. The highest BCUT2D eigenvalue weighted by Crippen LogP contribution is 2.28. The maximum atomic E-state index is 9.19. The van der Waals surface area contributed by atoms with Crippen LogP contribution in [-0.2, 0) is 0 Å². The van der Waals surface area contributed by atoms with Crippen LogP contribution < -0.4 is 5.32 Å². The minimum absolute atomic E-state index is 0.271. The van der Waals surface area contributed by atoms with Crippen LogP contribution in [0.1, 0.15) is 43.4 Å². The molecular weight excluding hydrogens is 248 g/mol. The summed E-state index contributed by atoms with van der Waals surface area (Å²) in [7, 11) is 0. The Morgan fingerprint density at radius 3 is 2.65 bits per heavy atom. The molecule has 0 bridgehead atoms. The predicted octanol–water partition coefficient (Wildman–Crippen LogP) is 2.49. The molecule has 1 saturated carbocycles. The van der Waals surface area contributed by atoms with Gasteiger partial charge in [0.05, 0.1) is 6.61 Å². The SMILES string of the molecule is CCNC(CCN(CCO)C1CC1)c1ccccc1C. The molecule has 0 spiro atoms. The summed E-state index contributed by atoms with van der Waals surface area (Å²) in [5.41, 5.74) is 2.77. The Morgan fingerprint density at radius 2 is 2.05 bits per heavy atom. The first-order chi connectivity index (χ1) is 9.76. The zero-order valence-corrected chi connectivity index (χ0v) is 12.8. The van der Waals surface area contributed by atoms with Gasteiger partial charge in [0.15, 0.2) is 0 Å². The highest BCUT2D eigenvalue weighted by molar-refractivity contribution is 5.28. The first kappa shape index (κ1) is 15.5. The summed E-state index contributed by atoms with van der Waals surface area (Å²) in [5, 5.41) is 12.8. The molecule has 2 N–H and O–H groups in total. The molecule has 1 unspecified atom stereocenters. The van der Waals surface area contributed by atoms with Crippen LogP contribution in [0.3, 0.4) is 0 Å². The summed E-state index contributed by atoms with van der Waals surface area (Å²) in [6.07, 6.45) is 3.71. The molecule has 0 heterocycles. The van der Waals surface area contributed by atoms with Crippen molar-refractivity contribution in [3.05, 3.63) is 35.4 Å². The van der Waals surface area contributed by atoms with E-state index in [1.807, 2.05) is 0 Å². The molecule has 0 radical (unpaired) electrons. The van der Waals surface area contributed by atoms with E-state index < -0.39 is 0 Å². The zero-order valence-electron chi connectivity index (χ0n) is 12.8. The fraction of sp³-hybridized carbons (Fsp3) is 0.647. The van der Waals surface area contributed by atoms with Crippen LogP contribution >= 0.6 is 0 Å². The van der Waals surface area contributed by atoms with E-state index in [0.29, 0.717) is 6.04 Å². The van der Waals surface area contributed by atoms with E-state index in [1.54, 1.807) is 0 Å². The Kier molecular flexibility index (Phi) is 6.02. The molecule has 1 fully saturated rings. The van der Waals surface area contributed by atoms with Crippen LogP contribution in [0.4, 0.5) is 0 Å². The molecular formula is C17H28N2O. The molecule has 112 valence electrons. The molecule has 1 aliphatic rings. The zero-order chi connectivity index (χ0) is 14.4. The second-order valence-corrected chi connectivity index (χ2v) is 5.75. The summed E-state index contributed by atoms with van der Waals surface area (Å²) < 4.78 is 0. The lowest BCUT2D eigenvalue weighted by atomic mass is 9.98. The Hall–Kier alpha value is -0.900. The van der Waals surface area contributed by atoms with Crippen LogP contribution in [0.25, 0.3) is 0 Å². The third-order valence-electron chi connectivity index (χ3n) is 4.17. The van der Waals surface area contributed by atoms with Crippen molar-refractivity contribution in [1.29, 1.82) is 0 Å². The molecule has 2 rings (SSSR count). The quantitative estimate of drug-likeness (QED) is 0.727. The number of rotatable bonds is 9. The number of benzene rings is 1. The monoisotopic (exact) mass is 276 g/mol. The molecule has 1 aliphatic carbocycles. The van der Waals surface area contributed by atoms with Gasteiger partial charge in [0.2, 0.25) is 0 Å². The van der Waals surface area contributed by atoms with Gasteiger partial charge >= 0.3 is 0 Å². The number of nitrogens with one attached hydrogen (secondary N) is 1. The van der Waals surface area contributed by atoms with Gasteiger partial charge in [-0.25, -0.2) is 0 Å². The van der Waals surface area contributed by atoms with Gasteiger partial charge in [0.25, 0.3) is 0 Å². The van der Waals surface area contributed by atoms with E-state index in [1.165, 1.54) is 24.0 Å². The van der Waals surface area contributed by atoms with Gasteiger partial charge in [-0.1, -0.05) is 31.2 Å². The van der Waals surface area contributed by atoms with Gasteiger partial charge in [0, 0.05) is 25.2 Å². The fourth-order valence-electron chi connectivity index (χ4n) is 2.93. The lowest BCUT2D eigenvalue weighted by Gasteiger charge is -2.26. The van der Waals surface area contributed by atoms with Crippen LogP contribution in [0.15, 0.2) is 24.3 Å². The number of aryl methyl sites for hydroxylation is 1. The Balaban J connectivity index is 1.96. The van der Waals surface area contributed by atoms with E-state index in [4.69, 9.17) is 0 Å². The topological polar surface area (TPSA) is 35.5 Å². The first-order valence-corrected chi connectivity index (χ1v) is 7.90. The third-order valence-corrected chi connectivity index (χ3v) is 4.17. The molecule has 0 amide bonds. The van der Waals surface area contributed by atoms with Crippen molar-refractivity contribution in [3.8, 4) is 0 Å². The summed E-state index contributed by atoms with van der Waals surface area (Å²) in [6.45, 7) is 7.49. The van der Waals surface area contributed by atoms with Gasteiger partial charge in [-0.15, -0.1) is 0 Å². The van der Waals surface area contributed by atoms with Crippen LogP contribution in [0.5, 0.6) is 0 Å². The highest BCUT2D eigenvalue weighted by atomic mass is 16.3. The average Bonchev–Trinajstić information content (AvgIpc) is 3.27. The van der Waals surface area contributed by atoms with Gasteiger partial charge in [-0.05, 0) is 43.9 Å². The van der Waals surface area contributed by atoms with Gasteiger partial charge in [-0.2, -0.15) is 0 Å². The lowest BCUT2D eigenvalue weighted by Crippen LogP contribution is -2.33. The van der Waals surface area contributed by atoms with Crippen LogP contribution in [0, 0.1) is 6.92 Å². The van der Waals surface area contributed by atoms with E-state index in [2.05, 4.69) is 48.3 Å². The van der Waals surface area contributed by atoms with Gasteiger partial charge in [-0.3, -0.25) is 4.90 Å². The third kappa shape index (κ3) is 4.30. The number of nitrogens with zero attached hydrogens (tertiary/aromatic N) is 1. The van der Waals surface area contributed by atoms with Crippen LogP contribution in [-0.4, -0.2) is 42.3 Å². The number of aliphatic hydroxyl groups is 1. The lowest BCUT2D eigenvalue weighted by molar-refractivity contribution is 0.182. The summed E-state index contributed by atoms with van der Waals surface area (Å²) >= 11 is 0. The van der Waals surface area contributed by atoms with Crippen molar-refractivity contribution < 1.29 is 5.11 Å². The van der Waals surface area contributed by atoms with Gasteiger partial charge in [0.1, 0.15) is 0 Å². The maximum absolute atomic E-state index is 9.19. The molecule has 1 atom stereocenters. The second-order valence-electron chi connectivity index (χ2n) is 5.75. The summed E-state index contributed by atoms with van der Waals surface area (Å²) in [5.74, 6) is 0. The smallest absolute Gasteiger partial charge is 0.0558 e. The minimum Gasteiger partial charge on any atom is -0.395 e. The molecule has 3 heteroatoms. The number of hydrogen-bond donors (Lipinski definition) is 2. The van der Waals surface area contributed by atoms with E-state index >= 15 is 0 Å². The molecule has 1 aromatic rings. The fourth-order valence-corrected chi connectivity index (χ4v) is 2.93.